The molecule has 1 N–H and O–H groups in total. The summed E-state index contributed by atoms with van der Waals surface area (Å²) in [6.45, 7) is 5.98. The van der Waals surface area contributed by atoms with Crippen LogP contribution in [0.25, 0.3) is 16.6 Å². The van der Waals surface area contributed by atoms with E-state index in [0.717, 1.165) is 50.0 Å². The molecule has 0 amide bonds. The third kappa shape index (κ3) is 3.27. The van der Waals surface area contributed by atoms with Crippen LogP contribution in [0.15, 0.2) is 42.6 Å². The number of para-hydroxylation sites is 1. The molecule has 0 radical (unpaired) electrons. The Hall–Kier alpha value is -2.53. The third-order valence-electron chi connectivity index (χ3n) is 6.69. The highest BCUT2D eigenvalue weighted by atomic mass is 16.5. The van der Waals surface area contributed by atoms with Gasteiger partial charge in [0.25, 0.3) is 0 Å². The number of nitrogens with zero attached hydrogens (tertiary/aromatic N) is 2. The van der Waals surface area contributed by atoms with Crippen LogP contribution in [0.2, 0.25) is 0 Å². The molecule has 0 aliphatic carbocycles. The molecule has 2 aliphatic heterocycles. The molecule has 2 unspecified atom stereocenters. The number of allylic oxidation sites excluding steroid dienone is 1. The van der Waals surface area contributed by atoms with E-state index in [-0.39, 0.29) is 11.4 Å². The van der Waals surface area contributed by atoms with Crippen molar-refractivity contribution in [1.29, 1.82) is 0 Å². The van der Waals surface area contributed by atoms with Crippen LogP contribution in [0, 0.1) is 5.41 Å². The van der Waals surface area contributed by atoms with E-state index in [4.69, 9.17) is 4.74 Å². The molecule has 5 nitrogen and oxygen atoms in total. The molecule has 2 aliphatic rings. The number of fused-ring (bicyclic) bond motifs is 4. The lowest BCUT2D eigenvalue weighted by Crippen LogP contribution is -2.35. The molecule has 2 atom stereocenters. The minimum atomic E-state index is -0.504. The SMILES string of the molecule is CCC12C=C(C)n3c(c(c4ccccc43)CCN(/C=C/C(=O)OC)CCC1)C2O. The smallest absolute Gasteiger partial charge is 0.331 e. The lowest BCUT2D eigenvalue weighted by atomic mass is 9.71. The molecule has 0 fully saturated rings. The Kier molecular flexibility index (Phi) is 5.26. The number of aliphatic hydroxyl groups is 1. The number of hydrogen-bond donors (Lipinski definition) is 1. The summed E-state index contributed by atoms with van der Waals surface area (Å²) in [5.74, 6) is -0.336. The molecule has 154 valence electrons. The quantitative estimate of drug-likeness (QED) is 0.624. The van der Waals surface area contributed by atoms with Gasteiger partial charge in [-0.2, -0.15) is 0 Å². The van der Waals surface area contributed by atoms with Crippen LogP contribution in [0.3, 0.4) is 0 Å². The van der Waals surface area contributed by atoms with Gasteiger partial charge in [0.2, 0.25) is 0 Å². The average Bonchev–Trinajstić information content (AvgIpc) is 3.07. The minimum absolute atomic E-state index is 0.252. The lowest BCUT2D eigenvalue weighted by Gasteiger charge is -2.41. The van der Waals surface area contributed by atoms with Crippen molar-refractivity contribution >= 4 is 22.6 Å². The highest BCUT2D eigenvalue weighted by Crippen LogP contribution is 2.51. The van der Waals surface area contributed by atoms with Crippen molar-refractivity contribution in [3.05, 3.63) is 53.9 Å². The highest BCUT2D eigenvalue weighted by molar-refractivity contribution is 5.89. The summed E-state index contributed by atoms with van der Waals surface area (Å²) in [5, 5.41) is 12.8. The van der Waals surface area contributed by atoms with Crippen molar-refractivity contribution in [3.8, 4) is 0 Å². The molecule has 3 heterocycles. The summed E-state index contributed by atoms with van der Waals surface area (Å²) in [6.07, 6.45) is 8.70. The zero-order valence-electron chi connectivity index (χ0n) is 17.5. The number of benzene rings is 1. The molecule has 4 rings (SSSR count). The van der Waals surface area contributed by atoms with Gasteiger partial charge in [-0.25, -0.2) is 4.79 Å². The summed E-state index contributed by atoms with van der Waals surface area (Å²) in [5.41, 5.74) is 4.38. The standard InChI is InChI=1S/C24H30N2O3/c1-4-24-12-7-13-25(15-11-21(27)29-3)14-10-19-18-8-5-6-9-20(18)26(17(2)16-24)22(19)23(24)28/h5-6,8-9,11,15-16,23,28H,4,7,10,12-14H2,1-3H3/b15-11+. The first-order valence-electron chi connectivity index (χ1n) is 10.5. The van der Waals surface area contributed by atoms with Crippen molar-refractivity contribution < 1.29 is 14.6 Å². The molecule has 29 heavy (non-hydrogen) atoms. The number of esters is 1. The maximum Gasteiger partial charge on any atom is 0.331 e. The number of carbonyl (C=O) groups excluding carboxylic acids is 1. The van der Waals surface area contributed by atoms with Gasteiger partial charge in [-0.1, -0.05) is 31.2 Å². The highest BCUT2D eigenvalue weighted by Gasteiger charge is 2.42. The van der Waals surface area contributed by atoms with E-state index in [1.165, 1.54) is 29.8 Å². The molecular formula is C24H30N2O3. The monoisotopic (exact) mass is 394 g/mol. The predicted molar refractivity (Wildman–Crippen MR) is 115 cm³/mol. The van der Waals surface area contributed by atoms with Crippen molar-refractivity contribution in [3.63, 3.8) is 0 Å². The van der Waals surface area contributed by atoms with Crippen molar-refractivity contribution in [1.82, 2.24) is 9.47 Å². The summed E-state index contributed by atoms with van der Waals surface area (Å²) in [7, 11) is 1.40. The fourth-order valence-corrected chi connectivity index (χ4v) is 5.13. The Bertz CT molecular complexity index is 987. The molecule has 1 aromatic carbocycles. The number of ether oxygens (including phenoxy) is 1. The fraction of sp³-hybridized carbons (Fsp3) is 0.458. The number of aromatic nitrogens is 1. The molecular weight excluding hydrogens is 364 g/mol. The zero-order chi connectivity index (χ0) is 20.6. The second kappa shape index (κ2) is 7.71. The van der Waals surface area contributed by atoms with Gasteiger partial charge >= 0.3 is 5.97 Å². The molecule has 0 saturated heterocycles. The number of aliphatic hydroxyl groups excluding tert-OH is 1. The van der Waals surface area contributed by atoms with Gasteiger partial charge in [0, 0.05) is 41.9 Å². The number of methoxy groups -OCH3 is 1. The van der Waals surface area contributed by atoms with Gasteiger partial charge in [0.15, 0.2) is 0 Å². The van der Waals surface area contributed by atoms with Crippen LogP contribution in [0.5, 0.6) is 0 Å². The molecule has 0 saturated carbocycles. The fourth-order valence-electron chi connectivity index (χ4n) is 5.13. The second-order valence-electron chi connectivity index (χ2n) is 8.22. The van der Waals surface area contributed by atoms with E-state index in [0.29, 0.717) is 0 Å². The molecule has 2 bridgehead atoms. The van der Waals surface area contributed by atoms with Crippen molar-refractivity contribution in [2.75, 3.05) is 20.2 Å². The summed E-state index contributed by atoms with van der Waals surface area (Å²) in [4.78, 5) is 13.8. The van der Waals surface area contributed by atoms with Gasteiger partial charge in [0.05, 0.1) is 18.3 Å². The predicted octanol–water partition coefficient (Wildman–Crippen LogP) is 4.27. The topological polar surface area (TPSA) is 54.7 Å². The van der Waals surface area contributed by atoms with E-state index >= 15 is 0 Å². The first-order chi connectivity index (χ1) is 14.0. The van der Waals surface area contributed by atoms with E-state index < -0.39 is 6.10 Å². The van der Waals surface area contributed by atoms with E-state index in [2.05, 4.69) is 53.7 Å². The van der Waals surface area contributed by atoms with Crippen LogP contribution in [0.1, 0.15) is 50.5 Å². The third-order valence-corrected chi connectivity index (χ3v) is 6.69. The van der Waals surface area contributed by atoms with E-state index in [1.807, 2.05) is 6.20 Å². The van der Waals surface area contributed by atoms with E-state index in [9.17, 15) is 9.90 Å². The van der Waals surface area contributed by atoms with Gasteiger partial charge < -0.3 is 19.3 Å². The summed E-state index contributed by atoms with van der Waals surface area (Å²) < 4.78 is 7.00. The largest absolute Gasteiger partial charge is 0.466 e. The van der Waals surface area contributed by atoms with Crippen LogP contribution >= 0.6 is 0 Å². The molecule has 5 heteroatoms. The Morgan fingerprint density at radius 1 is 1.34 bits per heavy atom. The lowest BCUT2D eigenvalue weighted by molar-refractivity contribution is -0.134. The maximum atomic E-state index is 11.6. The Morgan fingerprint density at radius 3 is 2.90 bits per heavy atom. The van der Waals surface area contributed by atoms with Crippen LogP contribution in [0.4, 0.5) is 0 Å². The molecule has 2 aromatic rings. The maximum absolute atomic E-state index is 11.6. The van der Waals surface area contributed by atoms with E-state index in [1.54, 1.807) is 0 Å². The van der Waals surface area contributed by atoms with Crippen LogP contribution < -0.4 is 0 Å². The van der Waals surface area contributed by atoms with Crippen LogP contribution in [-0.4, -0.2) is 40.7 Å². The summed E-state index contributed by atoms with van der Waals surface area (Å²) in [6, 6.07) is 8.42. The molecule has 0 spiro atoms. The van der Waals surface area contributed by atoms with Gasteiger partial charge in [0.1, 0.15) is 6.10 Å². The Morgan fingerprint density at radius 2 is 2.14 bits per heavy atom. The van der Waals surface area contributed by atoms with Gasteiger partial charge in [-0.15, -0.1) is 0 Å². The van der Waals surface area contributed by atoms with Crippen molar-refractivity contribution in [2.45, 2.75) is 45.6 Å². The first kappa shape index (κ1) is 19.8. The van der Waals surface area contributed by atoms with Gasteiger partial charge in [-0.3, -0.25) is 0 Å². The summed E-state index contributed by atoms with van der Waals surface area (Å²) >= 11 is 0. The first-order valence-corrected chi connectivity index (χ1v) is 10.5. The van der Waals surface area contributed by atoms with Crippen LogP contribution in [-0.2, 0) is 16.0 Å². The normalized spacial score (nSPS) is 24.6. The minimum Gasteiger partial charge on any atom is -0.466 e. The number of carbonyl (C=O) groups is 1. The average molecular weight is 395 g/mol. The Balaban J connectivity index is 1.84. The number of hydrogen-bond acceptors (Lipinski definition) is 4. The molecule has 1 aromatic heterocycles. The number of rotatable bonds is 3. The zero-order valence-corrected chi connectivity index (χ0v) is 17.5. The van der Waals surface area contributed by atoms with Gasteiger partial charge in [-0.05, 0) is 44.2 Å². The Labute approximate surface area is 172 Å². The second-order valence-corrected chi connectivity index (χ2v) is 8.22. The van der Waals surface area contributed by atoms with Crippen molar-refractivity contribution in [2.24, 2.45) is 5.41 Å².